The van der Waals surface area contributed by atoms with Crippen molar-refractivity contribution in [3.05, 3.63) is 58.6 Å². The van der Waals surface area contributed by atoms with Crippen LogP contribution >= 0.6 is 23.2 Å². The molecule has 0 aliphatic carbocycles. The molecule has 2 rings (SSSR count). The zero-order valence-corrected chi connectivity index (χ0v) is 11.6. The van der Waals surface area contributed by atoms with E-state index in [-0.39, 0.29) is 0 Å². The van der Waals surface area contributed by atoms with Crippen molar-refractivity contribution >= 4 is 23.2 Å². The first kappa shape index (κ1) is 13.3. The maximum atomic E-state index is 5.96. The van der Waals surface area contributed by atoms with Gasteiger partial charge in [0.1, 0.15) is 11.5 Å². The third-order valence-electron chi connectivity index (χ3n) is 2.73. The second-order valence-corrected chi connectivity index (χ2v) is 4.69. The van der Waals surface area contributed by atoms with Crippen molar-refractivity contribution in [2.75, 3.05) is 0 Å². The van der Waals surface area contributed by atoms with Crippen LogP contribution in [0.3, 0.4) is 0 Å². The SMILES string of the molecule is CCc1ccc(Oc2cc(Cl)ccc2CCl)cc1. The summed E-state index contributed by atoms with van der Waals surface area (Å²) < 4.78 is 5.81. The van der Waals surface area contributed by atoms with Gasteiger partial charge in [0, 0.05) is 10.6 Å². The minimum Gasteiger partial charge on any atom is -0.457 e. The highest BCUT2D eigenvalue weighted by Crippen LogP contribution is 2.29. The van der Waals surface area contributed by atoms with Gasteiger partial charge in [0.15, 0.2) is 0 Å². The monoisotopic (exact) mass is 280 g/mol. The minimum absolute atomic E-state index is 0.402. The average molecular weight is 281 g/mol. The average Bonchev–Trinajstić information content (AvgIpc) is 2.40. The van der Waals surface area contributed by atoms with Crippen LogP contribution < -0.4 is 4.74 Å². The Morgan fingerprint density at radius 1 is 1.06 bits per heavy atom. The molecule has 0 aliphatic heterocycles. The van der Waals surface area contributed by atoms with E-state index in [9.17, 15) is 0 Å². The van der Waals surface area contributed by atoms with Crippen molar-refractivity contribution in [2.45, 2.75) is 19.2 Å². The Kier molecular flexibility index (Phi) is 4.51. The molecule has 0 fully saturated rings. The molecule has 0 radical (unpaired) electrons. The first-order chi connectivity index (χ1) is 8.72. The largest absolute Gasteiger partial charge is 0.457 e. The molecule has 0 saturated carbocycles. The minimum atomic E-state index is 0.402. The van der Waals surface area contributed by atoms with Gasteiger partial charge in [-0.05, 0) is 36.2 Å². The fourth-order valence-corrected chi connectivity index (χ4v) is 2.04. The van der Waals surface area contributed by atoms with Crippen LogP contribution in [-0.4, -0.2) is 0 Å². The molecule has 3 heteroatoms. The van der Waals surface area contributed by atoms with E-state index in [1.165, 1.54) is 5.56 Å². The molecule has 0 saturated heterocycles. The molecular formula is C15H14Cl2O. The fraction of sp³-hybridized carbons (Fsp3) is 0.200. The van der Waals surface area contributed by atoms with Crippen molar-refractivity contribution in [3.63, 3.8) is 0 Å². The standard InChI is InChI=1S/C15H14Cl2O/c1-2-11-3-7-14(8-4-11)18-15-9-13(17)6-5-12(15)10-16/h3-9H,2,10H2,1H3. The third kappa shape index (κ3) is 3.18. The molecule has 2 aromatic rings. The lowest BCUT2D eigenvalue weighted by atomic mass is 10.2. The number of ether oxygens (including phenoxy) is 1. The molecule has 94 valence electrons. The Morgan fingerprint density at radius 2 is 1.78 bits per heavy atom. The van der Waals surface area contributed by atoms with Crippen molar-refractivity contribution in [3.8, 4) is 11.5 Å². The Hall–Kier alpha value is -1.18. The number of alkyl halides is 1. The second kappa shape index (κ2) is 6.12. The maximum Gasteiger partial charge on any atom is 0.133 e. The van der Waals surface area contributed by atoms with Gasteiger partial charge in [-0.3, -0.25) is 0 Å². The van der Waals surface area contributed by atoms with Gasteiger partial charge in [-0.25, -0.2) is 0 Å². The second-order valence-electron chi connectivity index (χ2n) is 3.99. The van der Waals surface area contributed by atoms with Gasteiger partial charge >= 0.3 is 0 Å². The number of hydrogen-bond donors (Lipinski definition) is 0. The molecular weight excluding hydrogens is 267 g/mol. The van der Waals surface area contributed by atoms with Gasteiger partial charge in [0.25, 0.3) is 0 Å². The summed E-state index contributed by atoms with van der Waals surface area (Å²) in [6.45, 7) is 2.12. The normalized spacial score (nSPS) is 10.4. The lowest BCUT2D eigenvalue weighted by Crippen LogP contribution is -1.90. The fourth-order valence-electron chi connectivity index (χ4n) is 1.65. The van der Waals surface area contributed by atoms with Crippen LogP contribution in [0.4, 0.5) is 0 Å². The molecule has 0 heterocycles. The molecule has 0 aliphatic rings. The lowest BCUT2D eigenvalue weighted by Gasteiger charge is -2.10. The van der Waals surface area contributed by atoms with Crippen molar-refractivity contribution in [2.24, 2.45) is 0 Å². The van der Waals surface area contributed by atoms with E-state index >= 15 is 0 Å². The highest BCUT2D eigenvalue weighted by Gasteiger charge is 2.05. The van der Waals surface area contributed by atoms with E-state index in [0.29, 0.717) is 16.7 Å². The number of aryl methyl sites for hydroxylation is 1. The zero-order chi connectivity index (χ0) is 13.0. The van der Waals surface area contributed by atoms with Gasteiger partial charge in [-0.2, -0.15) is 0 Å². The van der Waals surface area contributed by atoms with Crippen LogP contribution in [0.1, 0.15) is 18.1 Å². The summed E-state index contributed by atoms with van der Waals surface area (Å²) in [5.41, 5.74) is 2.21. The summed E-state index contributed by atoms with van der Waals surface area (Å²) >= 11 is 11.8. The summed E-state index contributed by atoms with van der Waals surface area (Å²) in [6, 6.07) is 13.5. The van der Waals surface area contributed by atoms with Gasteiger partial charge < -0.3 is 4.74 Å². The molecule has 1 nitrogen and oxygen atoms in total. The lowest BCUT2D eigenvalue weighted by molar-refractivity contribution is 0.478. The van der Waals surface area contributed by atoms with E-state index in [4.69, 9.17) is 27.9 Å². The van der Waals surface area contributed by atoms with Crippen LogP contribution in [0, 0.1) is 0 Å². The molecule has 0 bridgehead atoms. The molecule has 0 spiro atoms. The molecule has 0 unspecified atom stereocenters. The van der Waals surface area contributed by atoms with Gasteiger partial charge in [-0.1, -0.05) is 36.7 Å². The van der Waals surface area contributed by atoms with Crippen LogP contribution in [-0.2, 0) is 12.3 Å². The Labute approximate surface area is 117 Å². The van der Waals surface area contributed by atoms with Gasteiger partial charge in [-0.15, -0.1) is 11.6 Å². The number of rotatable bonds is 4. The molecule has 0 atom stereocenters. The Morgan fingerprint density at radius 3 is 2.39 bits per heavy atom. The first-order valence-electron chi connectivity index (χ1n) is 5.84. The van der Waals surface area contributed by atoms with E-state index in [0.717, 1.165) is 17.7 Å². The predicted octanol–water partition coefficient (Wildman–Crippen LogP) is 5.43. The summed E-state index contributed by atoms with van der Waals surface area (Å²) in [4.78, 5) is 0. The smallest absolute Gasteiger partial charge is 0.133 e. The topological polar surface area (TPSA) is 9.23 Å². The van der Waals surface area contributed by atoms with E-state index in [1.54, 1.807) is 6.07 Å². The Balaban J connectivity index is 2.24. The third-order valence-corrected chi connectivity index (χ3v) is 3.26. The summed E-state index contributed by atoms with van der Waals surface area (Å²) in [6.07, 6.45) is 1.02. The molecule has 2 aromatic carbocycles. The van der Waals surface area contributed by atoms with Crippen molar-refractivity contribution < 1.29 is 4.74 Å². The van der Waals surface area contributed by atoms with Gasteiger partial charge in [0.05, 0.1) is 5.88 Å². The highest BCUT2D eigenvalue weighted by atomic mass is 35.5. The summed E-state index contributed by atoms with van der Waals surface area (Å²) in [5, 5.41) is 0.643. The predicted molar refractivity (Wildman–Crippen MR) is 76.9 cm³/mol. The molecule has 0 amide bonds. The van der Waals surface area contributed by atoms with Gasteiger partial charge in [0.2, 0.25) is 0 Å². The van der Waals surface area contributed by atoms with Crippen LogP contribution in [0.5, 0.6) is 11.5 Å². The van der Waals surface area contributed by atoms with E-state index in [2.05, 4.69) is 19.1 Å². The van der Waals surface area contributed by atoms with Crippen LogP contribution in [0.25, 0.3) is 0 Å². The molecule has 0 N–H and O–H groups in total. The number of hydrogen-bond acceptors (Lipinski definition) is 1. The van der Waals surface area contributed by atoms with Crippen molar-refractivity contribution in [1.29, 1.82) is 0 Å². The molecule has 18 heavy (non-hydrogen) atoms. The zero-order valence-electron chi connectivity index (χ0n) is 10.1. The maximum absolute atomic E-state index is 5.96. The molecule has 0 aromatic heterocycles. The number of benzene rings is 2. The van der Waals surface area contributed by atoms with E-state index in [1.807, 2.05) is 24.3 Å². The Bertz CT molecular complexity index is 521. The summed E-state index contributed by atoms with van der Waals surface area (Å²) in [7, 11) is 0. The van der Waals surface area contributed by atoms with Crippen LogP contribution in [0.15, 0.2) is 42.5 Å². The quantitative estimate of drug-likeness (QED) is 0.678. The van der Waals surface area contributed by atoms with Crippen molar-refractivity contribution in [1.82, 2.24) is 0 Å². The first-order valence-corrected chi connectivity index (χ1v) is 6.75. The summed E-state index contributed by atoms with van der Waals surface area (Å²) in [5.74, 6) is 1.90. The number of halogens is 2. The van der Waals surface area contributed by atoms with E-state index < -0.39 is 0 Å². The highest BCUT2D eigenvalue weighted by molar-refractivity contribution is 6.30. The van der Waals surface area contributed by atoms with Crippen LogP contribution in [0.2, 0.25) is 5.02 Å².